The minimum Gasteiger partial charge on any atom is -0.480 e. The molecular weight excluding hydrogens is 254 g/mol. The number of aromatic nitrogens is 2. The highest BCUT2D eigenvalue weighted by Gasteiger charge is 2.35. The lowest BCUT2D eigenvalue weighted by atomic mass is 9.96. The minimum absolute atomic E-state index is 0.313. The molecular formula is C15H23N3O2. The second-order valence-electron chi connectivity index (χ2n) is 6.11. The fourth-order valence-corrected chi connectivity index (χ4v) is 3.12. The van der Waals surface area contributed by atoms with Crippen LogP contribution in [-0.2, 0) is 11.3 Å². The van der Waals surface area contributed by atoms with Crippen molar-refractivity contribution in [1.82, 2.24) is 15.1 Å². The van der Waals surface area contributed by atoms with Crippen LogP contribution in [0.2, 0.25) is 0 Å². The van der Waals surface area contributed by atoms with Crippen molar-refractivity contribution in [3.05, 3.63) is 18.0 Å². The average Bonchev–Trinajstić information content (AvgIpc) is 3.17. The predicted octanol–water partition coefficient (Wildman–Crippen LogP) is 2.34. The molecule has 0 spiro atoms. The predicted molar refractivity (Wildman–Crippen MR) is 75.3 cm³/mol. The highest BCUT2D eigenvalue weighted by atomic mass is 16.4. The van der Waals surface area contributed by atoms with Crippen molar-refractivity contribution in [3.63, 3.8) is 0 Å². The highest BCUT2D eigenvalue weighted by Crippen LogP contribution is 2.33. The number of nitrogens with zero attached hydrogens (tertiary/aromatic N) is 2. The van der Waals surface area contributed by atoms with Gasteiger partial charge < -0.3 is 5.11 Å². The van der Waals surface area contributed by atoms with Gasteiger partial charge in [0.1, 0.15) is 6.04 Å². The highest BCUT2D eigenvalue weighted by molar-refractivity contribution is 5.74. The zero-order valence-electron chi connectivity index (χ0n) is 11.8. The lowest BCUT2D eigenvalue weighted by Gasteiger charge is -2.21. The summed E-state index contributed by atoms with van der Waals surface area (Å²) in [6.45, 7) is 0.549. The molecule has 0 amide bonds. The monoisotopic (exact) mass is 277 g/mol. The summed E-state index contributed by atoms with van der Waals surface area (Å²) in [5.41, 5.74) is 0.947. The topological polar surface area (TPSA) is 67.2 Å². The van der Waals surface area contributed by atoms with Crippen LogP contribution in [0.5, 0.6) is 0 Å². The summed E-state index contributed by atoms with van der Waals surface area (Å²) in [4.78, 5) is 11.2. The van der Waals surface area contributed by atoms with Gasteiger partial charge in [0.15, 0.2) is 0 Å². The van der Waals surface area contributed by atoms with Crippen LogP contribution in [0.15, 0.2) is 12.3 Å². The molecule has 2 aliphatic carbocycles. The fourth-order valence-electron chi connectivity index (χ4n) is 3.12. The molecule has 110 valence electrons. The van der Waals surface area contributed by atoms with Gasteiger partial charge in [-0.3, -0.25) is 14.8 Å². The molecule has 2 saturated carbocycles. The summed E-state index contributed by atoms with van der Waals surface area (Å²) in [7, 11) is 0. The van der Waals surface area contributed by atoms with Gasteiger partial charge in [0.25, 0.3) is 0 Å². The number of hydrogen-bond acceptors (Lipinski definition) is 3. The average molecular weight is 277 g/mol. The molecule has 20 heavy (non-hydrogen) atoms. The van der Waals surface area contributed by atoms with Crippen LogP contribution in [0.3, 0.4) is 0 Å². The van der Waals surface area contributed by atoms with Gasteiger partial charge in [-0.1, -0.05) is 19.3 Å². The Morgan fingerprint density at radius 3 is 2.75 bits per heavy atom. The molecule has 5 nitrogen and oxygen atoms in total. The maximum atomic E-state index is 11.2. The van der Waals surface area contributed by atoms with Crippen molar-refractivity contribution < 1.29 is 9.90 Å². The van der Waals surface area contributed by atoms with Gasteiger partial charge >= 0.3 is 5.97 Å². The van der Waals surface area contributed by atoms with E-state index in [0.717, 1.165) is 18.5 Å². The summed E-state index contributed by atoms with van der Waals surface area (Å²) < 4.78 is 2.07. The molecule has 0 aliphatic heterocycles. The van der Waals surface area contributed by atoms with Crippen LogP contribution in [0.4, 0.5) is 0 Å². The quantitative estimate of drug-likeness (QED) is 0.837. The lowest BCUT2D eigenvalue weighted by Crippen LogP contribution is -2.38. The van der Waals surface area contributed by atoms with E-state index in [4.69, 9.17) is 0 Å². The Bertz CT molecular complexity index is 461. The van der Waals surface area contributed by atoms with E-state index in [1.165, 1.54) is 32.1 Å². The van der Waals surface area contributed by atoms with Crippen LogP contribution in [0, 0.1) is 5.92 Å². The second-order valence-corrected chi connectivity index (χ2v) is 6.11. The smallest absolute Gasteiger partial charge is 0.320 e. The minimum atomic E-state index is -0.737. The molecule has 0 saturated heterocycles. The number of hydrogen-bond donors (Lipinski definition) is 2. The molecule has 3 rings (SSSR count). The largest absolute Gasteiger partial charge is 0.480 e. The Balaban J connectivity index is 1.55. The summed E-state index contributed by atoms with van der Waals surface area (Å²) in [6, 6.07) is 2.14. The Kier molecular flexibility index (Phi) is 4.05. The van der Waals surface area contributed by atoms with Gasteiger partial charge in [0, 0.05) is 12.7 Å². The van der Waals surface area contributed by atoms with E-state index in [1.54, 1.807) is 0 Å². The van der Waals surface area contributed by atoms with Crippen molar-refractivity contribution in [2.75, 3.05) is 0 Å². The molecule has 1 unspecified atom stereocenters. The van der Waals surface area contributed by atoms with Gasteiger partial charge in [0.2, 0.25) is 0 Å². The third-order valence-electron chi connectivity index (χ3n) is 4.47. The first-order valence-electron chi connectivity index (χ1n) is 7.74. The molecule has 0 bridgehead atoms. The van der Waals surface area contributed by atoms with E-state index in [1.807, 2.05) is 12.3 Å². The number of carboxylic acids is 1. The maximum Gasteiger partial charge on any atom is 0.320 e. The third kappa shape index (κ3) is 3.20. The molecule has 0 radical (unpaired) electrons. The second kappa shape index (κ2) is 5.95. The zero-order chi connectivity index (χ0) is 13.9. The van der Waals surface area contributed by atoms with Crippen molar-refractivity contribution in [1.29, 1.82) is 0 Å². The van der Waals surface area contributed by atoms with E-state index in [9.17, 15) is 9.90 Å². The number of carboxylic acid groups (broad SMARTS) is 1. The first-order valence-corrected chi connectivity index (χ1v) is 7.74. The summed E-state index contributed by atoms with van der Waals surface area (Å²) in [6.07, 6.45) is 10.5. The van der Waals surface area contributed by atoms with E-state index < -0.39 is 12.0 Å². The molecule has 2 aliphatic rings. The molecule has 2 fully saturated rings. The first-order chi connectivity index (χ1) is 9.74. The van der Waals surface area contributed by atoms with E-state index >= 15 is 0 Å². The summed E-state index contributed by atoms with van der Waals surface area (Å²) in [5.74, 6) is -0.424. The molecule has 1 atom stereocenters. The van der Waals surface area contributed by atoms with E-state index in [2.05, 4.69) is 15.1 Å². The fraction of sp³-hybridized carbons (Fsp3) is 0.733. The molecule has 0 aromatic carbocycles. The van der Waals surface area contributed by atoms with Gasteiger partial charge in [0.05, 0.1) is 11.7 Å². The van der Waals surface area contributed by atoms with Crippen LogP contribution in [0.1, 0.15) is 56.7 Å². The van der Waals surface area contributed by atoms with Crippen LogP contribution >= 0.6 is 0 Å². The van der Waals surface area contributed by atoms with Crippen molar-refractivity contribution in [3.8, 4) is 0 Å². The molecule has 1 heterocycles. The Labute approximate surface area is 119 Å². The maximum absolute atomic E-state index is 11.2. The van der Waals surface area contributed by atoms with Crippen molar-refractivity contribution in [2.45, 2.75) is 63.6 Å². The normalized spacial score (nSPS) is 21.8. The summed E-state index contributed by atoms with van der Waals surface area (Å²) >= 11 is 0. The van der Waals surface area contributed by atoms with E-state index in [-0.39, 0.29) is 0 Å². The first kappa shape index (κ1) is 13.6. The van der Waals surface area contributed by atoms with Crippen molar-refractivity contribution in [2.24, 2.45) is 5.92 Å². The van der Waals surface area contributed by atoms with Gasteiger partial charge in [-0.05, 0) is 37.7 Å². The van der Waals surface area contributed by atoms with Crippen LogP contribution < -0.4 is 5.32 Å². The SMILES string of the molecule is O=C(O)C(NCc1ccn(C2CCCCC2)n1)C1CC1. The standard InChI is InChI=1S/C15H23N3O2/c19-15(20)14(11-6-7-11)16-10-12-8-9-18(17-12)13-4-2-1-3-5-13/h8-9,11,13-14,16H,1-7,10H2,(H,19,20). The van der Waals surface area contributed by atoms with E-state index in [0.29, 0.717) is 18.5 Å². The third-order valence-corrected chi connectivity index (χ3v) is 4.47. The van der Waals surface area contributed by atoms with Crippen molar-refractivity contribution >= 4 is 5.97 Å². The Morgan fingerprint density at radius 2 is 2.10 bits per heavy atom. The summed E-state index contributed by atoms with van der Waals surface area (Å²) in [5, 5.41) is 16.9. The van der Waals surface area contributed by atoms with Gasteiger partial charge in [-0.25, -0.2) is 0 Å². The van der Waals surface area contributed by atoms with Crippen LogP contribution in [-0.4, -0.2) is 26.9 Å². The Hall–Kier alpha value is -1.36. The lowest BCUT2D eigenvalue weighted by molar-refractivity contribution is -0.140. The molecule has 2 N–H and O–H groups in total. The zero-order valence-corrected chi connectivity index (χ0v) is 11.8. The number of rotatable bonds is 6. The van der Waals surface area contributed by atoms with Gasteiger partial charge in [-0.2, -0.15) is 5.10 Å². The molecule has 5 heteroatoms. The number of aliphatic carboxylic acids is 1. The molecule has 1 aromatic heterocycles. The number of carbonyl (C=O) groups is 1. The van der Waals surface area contributed by atoms with Crippen LogP contribution in [0.25, 0.3) is 0 Å². The number of nitrogens with one attached hydrogen (secondary N) is 1. The molecule has 1 aromatic rings. The van der Waals surface area contributed by atoms with Gasteiger partial charge in [-0.15, -0.1) is 0 Å². The Morgan fingerprint density at radius 1 is 1.35 bits per heavy atom.